The van der Waals surface area contributed by atoms with Gasteiger partial charge in [0.05, 0.1) is 40.8 Å². The lowest BCUT2D eigenvalue weighted by Crippen LogP contribution is -2.70. The largest absolute Gasteiger partial charge is 0.489 e. The number of aliphatic hydroxyl groups is 1. The van der Waals surface area contributed by atoms with Crippen LogP contribution in [-0.4, -0.2) is 67.0 Å². The highest BCUT2D eigenvalue weighted by atomic mass is 16.5. The molecule has 0 aliphatic carbocycles. The molecule has 3 aliphatic heterocycles. The van der Waals surface area contributed by atoms with Gasteiger partial charge in [0.2, 0.25) is 0 Å². The first-order chi connectivity index (χ1) is 20.1. The highest BCUT2D eigenvalue weighted by Gasteiger charge is 2.49. The highest BCUT2D eigenvalue weighted by molar-refractivity contribution is 5.85. The second-order valence-electron chi connectivity index (χ2n) is 12.3. The van der Waals surface area contributed by atoms with Gasteiger partial charge in [-0.3, -0.25) is 9.88 Å². The van der Waals surface area contributed by atoms with E-state index in [2.05, 4.69) is 58.8 Å². The van der Waals surface area contributed by atoms with Crippen LogP contribution in [0.5, 0.6) is 5.75 Å². The van der Waals surface area contributed by atoms with Crippen LogP contribution in [0.4, 0.5) is 5.82 Å². The molecule has 0 saturated carbocycles. The van der Waals surface area contributed by atoms with E-state index in [1.807, 2.05) is 18.3 Å². The number of ether oxygens (including phenoxy) is 1. The van der Waals surface area contributed by atoms with Crippen molar-refractivity contribution in [1.29, 1.82) is 0 Å². The Bertz CT molecular complexity index is 1660. The van der Waals surface area contributed by atoms with E-state index in [9.17, 15) is 5.11 Å². The van der Waals surface area contributed by atoms with Crippen molar-refractivity contribution in [2.75, 3.05) is 24.6 Å². The average Bonchev–Trinajstić information content (AvgIpc) is 3.41. The Morgan fingerprint density at radius 2 is 1.83 bits per heavy atom. The maximum absolute atomic E-state index is 10.1. The van der Waals surface area contributed by atoms with Crippen molar-refractivity contribution in [2.24, 2.45) is 5.92 Å². The fraction of sp³-hybridized carbons (Fsp3) is 0.382. The fourth-order valence-corrected chi connectivity index (χ4v) is 6.28. The quantitative estimate of drug-likeness (QED) is 0.317. The molecule has 0 amide bonds. The average molecular weight is 561 g/mol. The Morgan fingerprint density at radius 1 is 1.05 bits per heavy atom. The van der Waals surface area contributed by atoms with Gasteiger partial charge in [-0.2, -0.15) is 5.10 Å². The van der Waals surface area contributed by atoms with Crippen LogP contribution in [0.25, 0.3) is 16.6 Å². The molecule has 7 heterocycles. The van der Waals surface area contributed by atoms with Crippen LogP contribution in [0.15, 0.2) is 55.1 Å². The molecule has 8 heteroatoms. The summed E-state index contributed by atoms with van der Waals surface area (Å²) in [5.74, 6) is 7.39. The van der Waals surface area contributed by atoms with Gasteiger partial charge < -0.3 is 14.7 Å². The van der Waals surface area contributed by atoms with Crippen LogP contribution in [0.2, 0.25) is 0 Å². The van der Waals surface area contributed by atoms with Crippen molar-refractivity contribution >= 4 is 11.3 Å². The third-order valence-corrected chi connectivity index (χ3v) is 8.18. The number of terminal acetylenes is 2. The molecule has 2 bridgehead atoms. The lowest BCUT2D eigenvalue weighted by atomic mass is 9.82. The molecule has 7 rings (SSSR count). The van der Waals surface area contributed by atoms with Gasteiger partial charge in [0.1, 0.15) is 18.2 Å². The normalized spacial score (nSPS) is 19.3. The summed E-state index contributed by atoms with van der Waals surface area (Å²) >= 11 is 0. The molecule has 3 aliphatic rings. The van der Waals surface area contributed by atoms with Crippen molar-refractivity contribution in [3.05, 3.63) is 71.9 Å². The van der Waals surface area contributed by atoms with Crippen molar-refractivity contribution < 1.29 is 9.84 Å². The molecular weight excluding hydrogens is 524 g/mol. The molecule has 4 aromatic rings. The zero-order valence-electron chi connectivity index (χ0n) is 24.5. The number of hydrogen-bond donors (Lipinski definition) is 1. The van der Waals surface area contributed by atoms with Gasteiger partial charge in [-0.25, -0.2) is 9.50 Å². The summed E-state index contributed by atoms with van der Waals surface area (Å²) in [6.07, 6.45) is 19.7. The minimum absolute atomic E-state index is 0.149. The number of piperidine rings is 1. The second-order valence-corrected chi connectivity index (χ2v) is 12.3. The van der Waals surface area contributed by atoms with Crippen molar-refractivity contribution in [3.63, 3.8) is 0 Å². The molecular formula is C34H36N6O2. The van der Waals surface area contributed by atoms with Crippen LogP contribution >= 0.6 is 0 Å². The number of fused-ring (bicyclic) bond motifs is 3. The van der Waals surface area contributed by atoms with E-state index >= 15 is 0 Å². The van der Waals surface area contributed by atoms with Crippen molar-refractivity contribution in [3.8, 4) is 41.6 Å². The van der Waals surface area contributed by atoms with Crippen molar-refractivity contribution in [1.82, 2.24) is 24.5 Å². The zero-order chi connectivity index (χ0) is 29.6. The first-order valence-electron chi connectivity index (χ1n) is 14.4. The van der Waals surface area contributed by atoms with Gasteiger partial charge in [-0.15, -0.1) is 12.8 Å². The number of hydrogen-bond acceptors (Lipinski definition) is 7. The number of nitrogens with zero attached hydrogens (tertiary/aromatic N) is 6. The Hall–Kier alpha value is -4.37. The monoisotopic (exact) mass is 560 g/mol. The molecule has 4 aromatic heterocycles. The third-order valence-electron chi connectivity index (χ3n) is 8.18. The lowest BCUT2D eigenvalue weighted by molar-refractivity contribution is -0.0565. The molecule has 8 nitrogen and oxygen atoms in total. The van der Waals surface area contributed by atoms with Crippen LogP contribution in [0.1, 0.15) is 57.0 Å². The molecule has 3 atom stereocenters. The molecule has 1 N–H and O–H groups in total. The molecule has 3 fully saturated rings. The fourth-order valence-electron chi connectivity index (χ4n) is 6.28. The van der Waals surface area contributed by atoms with E-state index in [1.165, 1.54) is 6.42 Å². The van der Waals surface area contributed by atoms with Crippen molar-refractivity contribution in [2.45, 2.75) is 57.8 Å². The minimum atomic E-state index is -0.963. The zero-order valence-corrected chi connectivity index (χ0v) is 24.5. The summed E-state index contributed by atoms with van der Waals surface area (Å²) in [5.41, 5.74) is 4.24. The summed E-state index contributed by atoms with van der Waals surface area (Å²) in [7, 11) is 0. The number of aromatic nitrogens is 4. The van der Waals surface area contributed by atoms with Gasteiger partial charge in [0.15, 0.2) is 0 Å². The second kappa shape index (κ2) is 10.8. The summed E-state index contributed by atoms with van der Waals surface area (Å²) in [5, 5.41) is 14.6. The maximum Gasteiger partial charge on any atom is 0.138 e. The van der Waals surface area contributed by atoms with E-state index in [4.69, 9.17) is 27.6 Å². The van der Waals surface area contributed by atoms with Gasteiger partial charge in [0.25, 0.3) is 0 Å². The molecule has 0 aromatic carbocycles. The highest BCUT2D eigenvalue weighted by Crippen LogP contribution is 2.43. The Balaban J connectivity index is 1.22. The number of pyridine rings is 3. The van der Waals surface area contributed by atoms with E-state index < -0.39 is 5.60 Å². The Labute approximate surface area is 247 Å². The first kappa shape index (κ1) is 27.8. The summed E-state index contributed by atoms with van der Waals surface area (Å²) in [6, 6.07) is 11.3. The predicted molar refractivity (Wildman–Crippen MR) is 164 cm³/mol. The standard InChI is InChI=1S/C34H36N6O2/c1-7-23-9-11-30(35-15-23)32(22(3)4)40-26-13-27(40)19-38(18-26)31-12-10-25(16-36-31)29-14-28(42-21-34(5,6)41)20-39-33(29)24(8-2)17-37-39/h1-2,9-12,14-17,20,22,26-27,32,41H,13,18-19,21H2,3-6H3. The first-order valence-corrected chi connectivity index (χ1v) is 14.4. The number of anilines is 1. The predicted octanol–water partition coefficient (Wildman–Crippen LogP) is 4.56. The Kier molecular flexibility index (Phi) is 7.14. The SMILES string of the molecule is C#Cc1ccc(C(C(C)C)N2C3CC2CN(c2ccc(-c4cc(OCC(C)(C)O)cn5ncc(C#C)c45)cn2)C3)nc1. The maximum atomic E-state index is 10.1. The van der Waals surface area contributed by atoms with E-state index in [-0.39, 0.29) is 12.6 Å². The number of rotatable bonds is 8. The van der Waals surface area contributed by atoms with Crippen LogP contribution < -0.4 is 9.64 Å². The van der Waals surface area contributed by atoms with Gasteiger partial charge in [-0.1, -0.05) is 25.7 Å². The van der Waals surface area contributed by atoms with E-state index in [0.29, 0.717) is 29.3 Å². The summed E-state index contributed by atoms with van der Waals surface area (Å²) in [4.78, 5) is 14.6. The van der Waals surface area contributed by atoms with Crippen LogP contribution in [0.3, 0.4) is 0 Å². The number of piperazine rings is 1. The minimum Gasteiger partial charge on any atom is -0.489 e. The van der Waals surface area contributed by atoms with E-state index in [0.717, 1.165) is 46.8 Å². The molecule has 3 saturated heterocycles. The third kappa shape index (κ3) is 5.20. The summed E-state index contributed by atoms with van der Waals surface area (Å²) < 4.78 is 7.63. The van der Waals surface area contributed by atoms with Crippen LogP contribution in [-0.2, 0) is 0 Å². The van der Waals surface area contributed by atoms with Crippen LogP contribution in [0, 0.1) is 30.6 Å². The lowest BCUT2D eigenvalue weighted by Gasteiger charge is -2.60. The molecule has 0 spiro atoms. The molecule has 42 heavy (non-hydrogen) atoms. The van der Waals surface area contributed by atoms with Gasteiger partial charge >= 0.3 is 0 Å². The Morgan fingerprint density at radius 3 is 2.43 bits per heavy atom. The van der Waals surface area contributed by atoms with Gasteiger partial charge in [0, 0.05) is 54.3 Å². The topological polar surface area (TPSA) is 79.0 Å². The smallest absolute Gasteiger partial charge is 0.138 e. The van der Waals surface area contributed by atoms with Gasteiger partial charge in [-0.05, 0) is 56.5 Å². The molecule has 214 valence electrons. The molecule has 0 radical (unpaired) electrons. The summed E-state index contributed by atoms with van der Waals surface area (Å²) in [6.45, 7) is 9.94. The van der Waals surface area contributed by atoms with E-state index in [1.54, 1.807) is 37.0 Å². The molecule has 3 unspecified atom stereocenters.